The predicted molar refractivity (Wildman–Crippen MR) is 113 cm³/mol. The zero-order chi connectivity index (χ0) is 18.2. The van der Waals surface area contributed by atoms with Crippen molar-refractivity contribution >= 4 is 21.7 Å². The number of benzene rings is 4. The van der Waals surface area contributed by atoms with E-state index in [0.29, 0.717) is 0 Å². The molecular formula is C25H18N2. The number of fused-ring (bicyclic) bond motifs is 3. The van der Waals surface area contributed by atoms with Gasteiger partial charge in [0.15, 0.2) is 0 Å². The van der Waals surface area contributed by atoms with Crippen LogP contribution in [0.15, 0.2) is 91.0 Å². The highest BCUT2D eigenvalue weighted by Gasteiger charge is 2.11. The molecule has 0 saturated heterocycles. The van der Waals surface area contributed by atoms with E-state index >= 15 is 0 Å². The van der Waals surface area contributed by atoms with Crippen LogP contribution in [0.25, 0.3) is 44.1 Å². The van der Waals surface area contributed by atoms with Crippen molar-refractivity contribution in [2.24, 2.45) is 0 Å². The zero-order valence-electron chi connectivity index (χ0n) is 15.1. The minimum Gasteiger partial charge on any atom is -0.233 e. The molecule has 0 amide bonds. The summed E-state index contributed by atoms with van der Waals surface area (Å²) in [5.41, 5.74) is 5.53. The van der Waals surface area contributed by atoms with Gasteiger partial charge in [0.05, 0.1) is 11.2 Å². The van der Waals surface area contributed by atoms with E-state index in [1.807, 2.05) is 31.2 Å². The molecule has 0 bridgehead atoms. The molecule has 1 heterocycles. The van der Waals surface area contributed by atoms with Crippen molar-refractivity contribution in [2.75, 3.05) is 0 Å². The fraction of sp³-hybridized carbons (Fsp3) is 0.0400. The Labute approximate surface area is 158 Å². The highest BCUT2D eigenvalue weighted by atomic mass is 14.9. The van der Waals surface area contributed by atoms with Crippen LogP contribution in [0, 0.1) is 6.92 Å². The summed E-state index contributed by atoms with van der Waals surface area (Å²) in [6, 6.07) is 31.7. The Kier molecular flexibility index (Phi) is 3.68. The van der Waals surface area contributed by atoms with Crippen molar-refractivity contribution < 1.29 is 0 Å². The molecule has 0 aliphatic heterocycles. The van der Waals surface area contributed by atoms with E-state index in [-0.39, 0.29) is 0 Å². The number of aryl methyl sites for hydroxylation is 1. The van der Waals surface area contributed by atoms with E-state index in [9.17, 15) is 0 Å². The Morgan fingerprint density at radius 3 is 1.96 bits per heavy atom. The number of nitrogens with zero attached hydrogens (tertiary/aromatic N) is 2. The Bertz CT molecular complexity index is 1260. The summed E-state index contributed by atoms with van der Waals surface area (Å²) < 4.78 is 0. The van der Waals surface area contributed by atoms with E-state index < -0.39 is 0 Å². The second-order valence-corrected chi connectivity index (χ2v) is 6.75. The lowest BCUT2D eigenvalue weighted by Gasteiger charge is -2.11. The van der Waals surface area contributed by atoms with Gasteiger partial charge >= 0.3 is 0 Å². The van der Waals surface area contributed by atoms with Gasteiger partial charge in [-0.25, -0.2) is 9.97 Å². The molecule has 2 nitrogen and oxygen atoms in total. The quantitative estimate of drug-likeness (QED) is 0.344. The second kappa shape index (κ2) is 6.33. The van der Waals surface area contributed by atoms with Gasteiger partial charge in [0.25, 0.3) is 0 Å². The standard InChI is InChI=1S/C25H18N2/c1-17-26-24(20-10-6-3-7-11-20)22-15-14-19-12-13-21(16-23(19)25(22)27-17)18-8-4-2-5-9-18/h2-16H,1H3. The van der Waals surface area contributed by atoms with Gasteiger partial charge in [0, 0.05) is 16.3 Å². The van der Waals surface area contributed by atoms with Crippen LogP contribution in [-0.2, 0) is 0 Å². The SMILES string of the molecule is Cc1nc(-c2ccccc2)c2ccc3ccc(-c4ccccc4)cc3c2n1. The van der Waals surface area contributed by atoms with Gasteiger partial charge in [-0.1, -0.05) is 78.9 Å². The van der Waals surface area contributed by atoms with Gasteiger partial charge in [0.1, 0.15) is 5.82 Å². The summed E-state index contributed by atoms with van der Waals surface area (Å²) in [6.45, 7) is 1.96. The maximum atomic E-state index is 4.81. The zero-order valence-corrected chi connectivity index (χ0v) is 15.1. The topological polar surface area (TPSA) is 25.8 Å². The van der Waals surface area contributed by atoms with E-state index in [1.54, 1.807) is 0 Å². The third kappa shape index (κ3) is 2.76. The van der Waals surface area contributed by atoms with Crippen LogP contribution in [0.3, 0.4) is 0 Å². The van der Waals surface area contributed by atoms with Crippen molar-refractivity contribution in [3.8, 4) is 22.4 Å². The van der Waals surface area contributed by atoms with Gasteiger partial charge < -0.3 is 0 Å². The minimum atomic E-state index is 0.791. The molecule has 5 aromatic rings. The highest BCUT2D eigenvalue weighted by Crippen LogP contribution is 2.33. The van der Waals surface area contributed by atoms with Crippen LogP contribution in [0.5, 0.6) is 0 Å². The van der Waals surface area contributed by atoms with Gasteiger partial charge in [-0.05, 0) is 35.6 Å². The molecule has 5 rings (SSSR count). The number of rotatable bonds is 2. The largest absolute Gasteiger partial charge is 0.233 e. The summed E-state index contributed by atoms with van der Waals surface area (Å²) in [5, 5.41) is 3.44. The van der Waals surface area contributed by atoms with Crippen molar-refractivity contribution in [3.63, 3.8) is 0 Å². The van der Waals surface area contributed by atoms with Gasteiger partial charge in [-0.2, -0.15) is 0 Å². The third-order valence-corrected chi connectivity index (χ3v) is 4.95. The molecule has 4 aromatic carbocycles. The molecule has 0 radical (unpaired) electrons. The molecule has 0 aliphatic rings. The first-order valence-corrected chi connectivity index (χ1v) is 9.11. The van der Waals surface area contributed by atoms with Crippen molar-refractivity contribution in [2.45, 2.75) is 6.92 Å². The van der Waals surface area contributed by atoms with Crippen molar-refractivity contribution in [3.05, 3.63) is 96.8 Å². The molecule has 1 aromatic heterocycles. The maximum Gasteiger partial charge on any atom is 0.126 e. The first-order valence-electron chi connectivity index (χ1n) is 9.11. The van der Waals surface area contributed by atoms with Crippen LogP contribution < -0.4 is 0 Å². The van der Waals surface area contributed by atoms with Crippen LogP contribution >= 0.6 is 0 Å². The fourth-order valence-electron chi connectivity index (χ4n) is 3.65. The lowest BCUT2D eigenvalue weighted by atomic mass is 9.98. The number of hydrogen-bond acceptors (Lipinski definition) is 2. The summed E-state index contributed by atoms with van der Waals surface area (Å²) >= 11 is 0. The molecular weight excluding hydrogens is 328 g/mol. The molecule has 0 spiro atoms. The predicted octanol–water partition coefficient (Wildman–Crippen LogP) is 6.43. The van der Waals surface area contributed by atoms with Crippen LogP contribution in [0.1, 0.15) is 5.82 Å². The smallest absolute Gasteiger partial charge is 0.126 e. The fourth-order valence-corrected chi connectivity index (χ4v) is 3.65. The lowest BCUT2D eigenvalue weighted by Crippen LogP contribution is -1.95. The molecule has 0 aliphatic carbocycles. The Morgan fingerprint density at radius 1 is 0.556 bits per heavy atom. The van der Waals surface area contributed by atoms with E-state index in [1.165, 1.54) is 16.5 Å². The Hall–Kier alpha value is -3.52. The first kappa shape index (κ1) is 15.7. The Balaban J connectivity index is 1.83. The third-order valence-electron chi connectivity index (χ3n) is 4.95. The molecule has 0 N–H and O–H groups in total. The average molecular weight is 346 g/mol. The van der Waals surface area contributed by atoms with E-state index in [0.717, 1.165) is 33.4 Å². The van der Waals surface area contributed by atoms with Gasteiger partial charge in [-0.15, -0.1) is 0 Å². The summed E-state index contributed by atoms with van der Waals surface area (Å²) in [6.07, 6.45) is 0. The summed E-state index contributed by atoms with van der Waals surface area (Å²) in [4.78, 5) is 9.56. The first-order chi connectivity index (χ1) is 13.3. The van der Waals surface area contributed by atoms with Gasteiger partial charge in [-0.3, -0.25) is 0 Å². The van der Waals surface area contributed by atoms with Crippen LogP contribution in [-0.4, -0.2) is 9.97 Å². The van der Waals surface area contributed by atoms with Crippen molar-refractivity contribution in [1.29, 1.82) is 0 Å². The van der Waals surface area contributed by atoms with Gasteiger partial charge in [0.2, 0.25) is 0 Å². The summed E-state index contributed by atoms with van der Waals surface area (Å²) in [7, 11) is 0. The maximum absolute atomic E-state index is 4.81. The van der Waals surface area contributed by atoms with E-state index in [4.69, 9.17) is 9.97 Å². The summed E-state index contributed by atoms with van der Waals surface area (Å²) in [5.74, 6) is 0.791. The molecule has 0 unspecified atom stereocenters. The molecule has 0 atom stereocenters. The Morgan fingerprint density at radius 2 is 1.22 bits per heavy atom. The van der Waals surface area contributed by atoms with E-state index in [2.05, 4.69) is 66.7 Å². The average Bonchev–Trinajstić information content (AvgIpc) is 2.74. The van der Waals surface area contributed by atoms with Crippen LogP contribution in [0.2, 0.25) is 0 Å². The molecule has 0 saturated carbocycles. The molecule has 0 fully saturated rings. The lowest BCUT2D eigenvalue weighted by molar-refractivity contribution is 1.10. The minimum absolute atomic E-state index is 0.791. The number of aromatic nitrogens is 2. The molecule has 2 heteroatoms. The normalized spacial score (nSPS) is 11.1. The van der Waals surface area contributed by atoms with Crippen molar-refractivity contribution in [1.82, 2.24) is 9.97 Å². The number of hydrogen-bond donors (Lipinski definition) is 0. The molecule has 27 heavy (non-hydrogen) atoms. The molecule has 128 valence electrons. The van der Waals surface area contributed by atoms with Crippen LogP contribution in [0.4, 0.5) is 0 Å². The highest BCUT2D eigenvalue weighted by molar-refractivity contribution is 6.10. The monoisotopic (exact) mass is 346 g/mol. The second-order valence-electron chi connectivity index (χ2n) is 6.75.